The molecule has 0 bridgehead atoms. The van der Waals surface area contributed by atoms with Gasteiger partial charge >= 0.3 is 15.5 Å². The summed E-state index contributed by atoms with van der Waals surface area (Å²) in [6, 6.07) is 1.62. The summed E-state index contributed by atoms with van der Waals surface area (Å²) in [7, 11) is -5.22. The van der Waals surface area contributed by atoms with E-state index in [1.165, 1.54) is 12.8 Å². The van der Waals surface area contributed by atoms with Gasteiger partial charge in [0, 0.05) is 50.8 Å². The molecule has 7 nitrogen and oxygen atoms in total. The average Bonchev–Trinajstić information content (AvgIpc) is 3.42. The minimum Gasteiger partial charge on any atom is -0.357 e. The second-order valence-corrected chi connectivity index (χ2v) is 10.3. The molecule has 2 saturated heterocycles. The highest BCUT2D eigenvalue weighted by atomic mass is 127. The van der Waals surface area contributed by atoms with Gasteiger partial charge in [-0.3, -0.25) is 9.89 Å². The standard InChI is InChI=1S/C18H32F3N5O2S.HI/c1-3-22-17(24-15-10-13(2)26(12-15)16-4-5-16)23-11-14-6-8-25(9-7-14)29(27,28)18(19,20)21;/h13-16H,3-12H2,1-2H3,(H2,22,23,24);1H. The minimum absolute atomic E-state index is 0. The van der Waals surface area contributed by atoms with E-state index in [4.69, 9.17) is 0 Å². The van der Waals surface area contributed by atoms with Gasteiger partial charge in [-0.25, -0.2) is 8.42 Å². The fourth-order valence-electron chi connectivity index (χ4n) is 4.29. The molecule has 0 aromatic heterocycles. The highest BCUT2D eigenvalue weighted by molar-refractivity contribution is 14.0. The molecule has 1 saturated carbocycles. The third kappa shape index (κ3) is 6.35. The topological polar surface area (TPSA) is 77.0 Å². The third-order valence-electron chi connectivity index (χ3n) is 6.04. The molecule has 1 aliphatic carbocycles. The Hall–Kier alpha value is -0.340. The molecule has 0 amide bonds. The van der Waals surface area contributed by atoms with Gasteiger partial charge in [0.1, 0.15) is 0 Å². The largest absolute Gasteiger partial charge is 0.511 e. The summed E-state index contributed by atoms with van der Waals surface area (Å²) in [5, 5.41) is 6.74. The van der Waals surface area contributed by atoms with Crippen molar-refractivity contribution in [3.05, 3.63) is 0 Å². The van der Waals surface area contributed by atoms with Gasteiger partial charge in [0.2, 0.25) is 0 Å². The summed E-state index contributed by atoms with van der Waals surface area (Å²) >= 11 is 0. The number of nitrogens with zero attached hydrogens (tertiary/aromatic N) is 3. The Morgan fingerprint density at radius 1 is 1.17 bits per heavy atom. The SMILES string of the molecule is CCNC(=NCC1CCN(S(=O)(=O)C(F)(F)F)CC1)NC1CC(C)N(C2CC2)C1.I. The van der Waals surface area contributed by atoms with E-state index < -0.39 is 15.5 Å². The molecule has 3 aliphatic rings. The van der Waals surface area contributed by atoms with E-state index in [2.05, 4.69) is 27.4 Å². The molecule has 0 aromatic carbocycles. The van der Waals surface area contributed by atoms with Gasteiger partial charge in [-0.05, 0) is 51.9 Å². The highest BCUT2D eigenvalue weighted by Gasteiger charge is 2.50. The van der Waals surface area contributed by atoms with Crippen LogP contribution in [0.2, 0.25) is 0 Å². The number of guanidine groups is 1. The molecule has 0 aromatic rings. The average molecular weight is 567 g/mol. The van der Waals surface area contributed by atoms with Crippen LogP contribution in [0.5, 0.6) is 0 Å². The van der Waals surface area contributed by atoms with E-state index in [-0.39, 0.29) is 43.0 Å². The number of piperidine rings is 1. The summed E-state index contributed by atoms with van der Waals surface area (Å²) < 4.78 is 61.6. The number of nitrogens with one attached hydrogen (secondary N) is 2. The van der Waals surface area contributed by atoms with Crippen molar-refractivity contribution < 1.29 is 21.6 Å². The van der Waals surface area contributed by atoms with Gasteiger partial charge in [-0.2, -0.15) is 17.5 Å². The van der Waals surface area contributed by atoms with E-state index in [9.17, 15) is 21.6 Å². The Morgan fingerprint density at radius 2 is 1.80 bits per heavy atom. The first-order valence-electron chi connectivity index (χ1n) is 10.5. The Labute approximate surface area is 194 Å². The molecule has 12 heteroatoms. The Balaban J connectivity index is 0.00000320. The van der Waals surface area contributed by atoms with Gasteiger partial charge in [0.15, 0.2) is 5.96 Å². The molecule has 2 unspecified atom stereocenters. The predicted molar refractivity (Wildman–Crippen MR) is 121 cm³/mol. The van der Waals surface area contributed by atoms with Crippen molar-refractivity contribution in [3.63, 3.8) is 0 Å². The smallest absolute Gasteiger partial charge is 0.357 e. The Bertz CT molecular complexity index is 694. The number of rotatable bonds is 6. The molecule has 30 heavy (non-hydrogen) atoms. The maximum Gasteiger partial charge on any atom is 0.511 e. The second kappa shape index (κ2) is 10.5. The highest BCUT2D eigenvalue weighted by Crippen LogP contribution is 2.33. The second-order valence-electron chi connectivity index (χ2n) is 8.37. The van der Waals surface area contributed by atoms with Gasteiger partial charge in [-0.15, -0.1) is 24.0 Å². The van der Waals surface area contributed by atoms with Crippen molar-refractivity contribution in [1.29, 1.82) is 0 Å². The van der Waals surface area contributed by atoms with Crippen molar-refractivity contribution >= 4 is 40.0 Å². The molecule has 2 heterocycles. The lowest BCUT2D eigenvalue weighted by molar-refractivity contribution is -0.0496. The molecule has 3 fully saturated rings. The summed E-state index contributed by atoms with van der Waals surface area (Å²) in [5.74, 6) is 0.809. The number of hydrogen-bond acceptors (Lipinski definition) is 4. The molecular weight excluding hydrogens is 534 g/mol. The van der Waals surface area contributed by atoms with Crippen LogP contribution in [-0.4, -0.2) is 79.9 Å². The van der Waals surface area contributed by atoms with E-state index in [1.807, 2.05) is 6.92 Å². The molecule has 2 N–H and O–H groups in total. The number of sulfonamides is 1. The van der Waals surface area contributed by atoms with Gasteiger partial charge in [0.25, 0.3) is 0 Å². The number of likely N-dealkylation sites (tertiary alicyclic amines) is 1. The van der Waals surface area contributed by atoms with Gasteiger partial charge < -0.3 is 10.6 Å². The van der Waals surface area contributed by atoms with E-state index in [1.54, 1.807) is 0 Å². The maximum absolute atomic E-state index is 12.7. The maximum atomic E-state index is 12.7. The summed E-state index contributed by atoms with van der Waals surface area (Å²) in [4.78, 5) is 7.19. The molecule has 0 spiro atoms. The number of halogens is 4. The first-order chi connectivity index (χ1) is 13.6. The number of hydrogen-bond donors (Lipinski definition) is 2. The van der Waals surface area contributed by atoms with Crippen molar-refractivity contribution in [1.82, 2.24) is 19.8 Å². The number of alkyl halides is 3. The van der Waals surface area contributed by atoms with Gasteiger partial charge in [-0.1, -0.05) is 0 Å². The molecule has 2 aliphatic heterocycles. The minimum atomic E-state index is -5.23. The molecular formula is C18H33F3IN5O2S. The van der Waals surface area contributed by atoms with Crippen LogP contribution in [0.25, 0.3) is 0 Å². The lowest BCUT2D eigenvalue weighted by atomic mass is 9.98. The van der Waals surface area contributed by atoms with Crippen LogP contribution in [0.15, 0.2) is 4.99 Å². The van der Waals surface area contributed by atoms with Crippen molar-refractivity contribution in [2.75, 3.05) is 32.7 Å². The zero-order valence-electron chi connectivity index (χ0n) is 17.5. The summed E-state index contributed by atoms with van der Waals surface area (Å²) in [6.45, 7) is 6.24. The predicted octanol–water partition coefficient (Wildman–Crippen LogP) is 2.35. The molecule has 2 atom stereocenters. The molecule has 3 rings (SSSR count). The zero-order chi connectivity index (χ0) is 21.2. The lowest BCUT2D eigenvalue weighted by Crippen LogP contribution is -2.46. The number of aliphatic imine (C=N–C) groups is 1. The molecule has 176 valence electrons. The monoisotopic (exact) mass is 567 g/mol. The first kappa shape index (κ1) is 25.9. The molecule has 0 radical (unpaired) electrons. The Kier molecular flexibility index (Phi) is 9.09. The van der Waals surface area contributed by atoms with E-state index in [0.717, 1.165) is 31.5 Å². The normalized spacial score (nSPS) is 27.7. The lowest BCUT2D eigenvalue weighted by Gasteiger charge is -2.31. The van der Waals surface area contributed by atoms with E-state index in [0.29, 0.717) is 35.8 Å². The third-order valence-corrected chi connectivity index (χ3v) is 7.67. The summed E-state index contributed by atoms with van der Waals surface area (Å²) in [5.41, 5.74) is -5.23. The van der Waals surface area contributed by atoms with Crippen molar-refractivity contribution in [3.8, 4) is 0 Å². The Morgan fingerprint density at radius 3 is 2.33 bits per heavy atom. The van der Waals surface area contributed by atoms with Crippen LogP contribution in [0.1, 0.15) is 46.0 Å². The summed E-state index contributed by atoms with van der Waals surface area (Å²) in [6.07, 6.45) is 4.40. The quantitative estimate of drug-likeness (QED) is 0.293. The van der Waals surface area contributed by atoms with Gasteiger partial charge in [0.05, 0.1) is 0 Å². The van der Waals surface area contributed by atoms with Crippen LogP contribution >= 0.6 is 24.0 Å². The van der Waals surface area contributed by atoms with E-state index >= 15 is 0 Å². The first-order valence-corrected chi connectivity index (χ1v) is 11.9. The van der Waals surface area contributed by atoms with Crippen LogP contribution in [0, 0.1) is 5.92 Å². The fourth-order valence-corrected chi connectivity index (χ4v) is 5.27. The fraction of sp³-hybridized carbons (Fsp3) is 0.944. The zero-order valence-corrected chi connectivity index (χ0v) is 20.6. The van der Waals surface area contributed by atoms with Crippen LogP contribution < -0.4 is 10.6 Å². The van der Waals surface area contributed by atoms with Crippen molar-refractivity contribution in [2.45, 2.75) is 69.6 Å². The van der Waals surface area contributed by atoms with Crippen LogP contribution in [0.4, 0.5) is 13.2 Å². The van der Waals surface area contributed by atoms with Crippen molar-refractivity contribution in [2.24, 2.45) is 10.9 Å². The van der Waals surface area contributed by atoms with Crippen LogP contribution in [-0.2, 0) is 10.0 Å². The van der Waals surface area contributed by atoms with Crippen LogP contribution in [0.3, 0.4) is 0 Å².